The monoisotopic (exact) mass is 375 g/mol. The van der Waals surface area contributed by atoms with Crippen LogP contribution in [-0.4, -0.2) is 35.8 Å². The van der Waals surface area contributed by atoms with Crippen LogP contribution in [0.25, 0.3) is 0 Å². The van der Waals surface area contributed by atoms with Crippen molar-refractivity contribution in [3.8, 4) is 5.75 Å². The first-order chi connectivity index (χ1) is 12.0. The van der Waals surface area contributed by atoms with E-state index in [9.17, 15) is 5.11 Å². The fourth-order valence-electron chi connectivity index (χ4n) is 3.49. The molecule has 1 aliphatic rings. The SMILES string of the molecule is Cc1ccc(C(C)C)c(OCC(O)CN2CCc3ccccc3C2)c1.Cl. The van der Waals surface area contributed by atoms with Gasteiger partial charge in [0, 0.05) is 19.6 Å². The van der Waals surface area contributed by atoms with Gasteiger partial charge in [-0.05, 0) is 47.6 Å². The molecule has 1 unspecified atom stereocenters. The lowest BCUT2D eigenvalue weighted by Crippen LogP contribution is -2.38. The minimum Gasteiger partial charge on any atom is -0.491 e. The van der Waals surface area contributed by atoms with Gasteiger partial charge >= 0.3 is 0 Å². The number of aliphatic hydroxyl groups excluding tert-OH is 1. The zero-order valence-corrected chi connectivity index (χ0v) is 16.8. The number of aliphatic hydroxyl groups is 1. The third kappa shape index (κ3) is 5.23. The zero-order valence-electron chi connectivity index (χ0n) is 15.9. The molecular weight excluding hydrogens is 346 g/mol. The second-order valence-corrected chi connectivity index (χ2v) is 7.41. The molecule has 0 spiro atoms. The van der Waals surface area contributed by atoms with Crippen LogP contribution in [0.5, 0.6) is 5.75 Å². The number of β-amino-alcohol motifs (C(OH)–C–C–N with tert-alkyl or cyclic N) is 1. The van der Waals surface area contributed by atoms with E-state index in [0.29, 0.717) is 19.1 Å². The van der Waals surface area contributed by atoms with Crippen molar-refractivity contribution in [3.63, 3.8) is 0 Å². The number of hydrogen-bond acceptors (Lipinski definition) is 3. The topological polar surface area (TPSA) is 32.7 Å². The van der Waals surface area contributed by atoms with E-state index in [4.69, 9.17) is 4.74 Å². The van der Waals surface area contributed by atoms with Gasteiger partial charge in [0.2, 0.25) is 0 Å². The Labute approximate surface area is 163 Å². The predicted octanol–water partition coefficient (Wildman–Crippen LogP) is 4.34. The van der Waals surface area contributed by atoms with Gasteiger partial charge in [-0.25, -0.2) is 0 Å². The molecule has 26 heavy (non-hydrogen) atoms. The Bertz CT molecular complexity index is 717. The van der Waals surface area contributed by atoms with E-state index in [1.807, 2.05) is 0 Å². The van der Waals surface area contributed by atoms with Crippen molar-refractivity contribution >= 4 is 12.4 Å². The summed E-state index contributed by atoms with van der Waals surface area (Å²) in [6, 6.07) is 14.9. The van der Waals surface area contributed by atoms with E-state index >= 15 is 0 Å². The van der Waals surface area contributed by atoms with Crippen molar-refractivity contribution in [1.29, 1.82) is 0 Å². The van der Waals surface area contributed by atoms with Gasteiger partial charge in [-0.15, -0.1) is 12.4 Å². The average molecular weight is 376 g/mol. The molecule has 3 nitrogen and oxygen atoms in total. The van der Waals surface area contributed by atoms with E-state index in [1.54, 1.807) is 0 Å². The summed E-state index contributed by atoms with van der Waals surface area (Å²) in [6.45, 7) is 9.29. The summed E-state index contributed by atoms with van der Waals surface area (Å²) < 4.78 is 5.98. The second-order valence-electron chi connectivity index (χ2n) is 7.41. The summed E-state index contributed by atoms with van der Waals surface area (Å²) in [5.74, 6) is 1.31. The number of aryl methyl sites for hydroxylation is 1. The Morgan fingerprint density at radius 2 is 1.85 bits per heavy atom. The maximum absolute atomic E-state index is 10.4. The molecule has 3 rings (SSSR count). The normalized spacial score (nSPS) is 15.3. The third-order valence-electron chi connectivity index (χ3n) is 4.90. The summed E-state index contributed by atoms with van der Waals surface area (Å²) >= 11 is 0. The Hall–Kier alpha value is -1.55. The molecule has 142 valence electrons. The van der Waals surface area contributed by atoms with Crippen LogP contribution in [-0.2, 0) is 13.0 Å². The molecular formula is C22H30ClNO2. The first-order valence-electron chi connectivity index (χ1n) is 9.23. The quantitative estimate of drug-likeness (QED) is 0.815. The first kappa shape index (κ1) is 20.8. The van der Waals surface area contributed by atoms with Crippen LogP contribution in [0.15, 0.2) is 42.5 Å². The molecule has 0 aliphatic carbocycles. The Balaban J connectivity index is 0.00000243. The van der Waals surface area contributed by atoms with Gasteiger partial charge in [-0.1, -0.05) is 50.2 Å². The van der Waals surface area contributed by atoms with Crippen molar-refractivity contribution < 1.29 is 9.84 Å². The standard InChI is InChI=1S/C22H29NO2.ClH/c1-16(2)21-9-8-17(3)12-22(21)25-15-20(24)14-23-11-10-18-6-4-5-7-19(18)13-23;/h4-9,12,16,20,24H,10-11,13-15H2,1-3H3;1H. The molecule has 0 aromatic heterocycles. The molecule has 2 aromatic carbocycles. The number of benzene rings is 2. The maximum Gasteiger partial charge on any atom is 0.123 e. The summed E-state index contributed by atoms with van der Waals surface area (Å²) in [5.41, 5.74) is 5.19. The molecule has 0 saturated heterocycles. The third-order valence-corrected chi connectivity index (χ3v) is 4.90. The largest absolute Gasteiger partial charge is 0.491 e. The van der Waals surface area contributed by atoms with Gasteiger partial charge in [-0.2, -0.15) is 0 Å². The lowest BCUT2D eigenvalue weighted by Gasteiger charge is -2.30. The van der Waals surface area contributed by atoms with E-state index < -0.39 is 6.10 Å². The smallest absolute Gasteiger partial charge is 0.123 e. The van der Waals surface area contributed by atoms with E-state index in [0.717, 1.165) is 25.3 Å². The molecule has 1 atom stereocenters. The molecule has 1 heterocycles. The van der Waals surface area contributed by atoms with Crippen molar-refractivity contribution in [1.82, 2.24) is 4.90 Å². The van der Waals surface area contributed by atoms with Crippen LogP contribution in [0.2, 0.25) is 0 Å². The Morgan fingerprint density at radius 1 is 1.12 bits per heavy atom. The van der Waals surface area contributed by atoms with Crippen LogP contribution in [0.1, 0.15) is 42.0 Å². The van der Waals surface area contributed by atoms with Crippen molar-refractivity contribution in [2.45, 2.75) is 45.8 Å². The molecule has 0 radical (unpaired) electrons. The first-order valence-corrected chi connectivity index (χ1v) is 9.23. The highest BCUT2D eigenvalue weighted by molar-refractivity contribution is 5.85. The van der Waals surface area contributed by atoms with Gasteiger partial charge < -0.3 is 9.84 Å². The van der Waals surface area contributed by atoms with Crippen LogP contribution in [0, 0.1) is 6.92 Å². The minimum atomic E-state index is -0.481. The fraction of sp³-hybridized carbons (Fsp3) is 0.455. The van der Waals surface area contributed by atoms with Crippen LogP contribution < -0.4 is 4.74 Å². The van der Waals surface area contributed by atoms with Crippen molar-refractivity contribution in [2.24, 2.45) is 0 Å². The minimum absolute atomic E-state index is 0. The van der Waals surface area contributed by atoms with Crippen LogP contribution >= 0.6 is 12.4 Å². The molecule has 1 aliphatic heterocycles. The predicted molar refractivity (Wildman–Crippen MR) is 109 cm³/mol. The van der Waals surface area contributed by atoms with Gasteiger partial charge in [0.05, 0.1) is 0 Å². The van der Waals surface area contributed by atoms with Crippen molar-refractivity contribution in [3.05, 3.63) is 64.7 Å². The fourth-order valence-corrected chi connectivity index (χ4v) is 3.49. The molecule has 1 N–H and O–H groups in total. The second kappa shape index (κ2) is 9.40. The highest BCUT2D eigenvalue weighted by Gasteiger charge is 2.19. The summed E-state index contributed by atoms with van der Waals surface area (Å²) in [6.07, 6.45) is 0.574. The summed E-state index contributed by atoms with van der Waals surface area (Å²) in [5, 5.41) is 10.4. The molecule has 4 heteroatoms. The highest BCUT2D eigenvalue weighted by atomic mass is 35.5. The molecule has 0 amide bonds. The molecule has 0 fully saturated rings. The van der Waals surface area contributed by atoms with Gasteiger partial charge in [0.15, 0.2) is 0 Å². The Morgan fingerprint density at radius 3 is 2.58 bits per heavy atom. The van der Waals surface area contributed by atoms with E-state index in [1.165, 1.54) is 22.3 Å². The number of fused-ring (bicyclic) bond motifs is 1. The molecule has 0 bridgehead atoms. The van der Waals surface area contributed by atoms with Crippen LogP contribution in [0.3, 0.4) is 0 Å². The molecule has 0 saturated carbocycles. The average Bonchev–Trinajstić information content (AvgIpc) is 2.59. The lowest BCUT2D eigenvalue weighted by molar-refractivity contribution is 0.0633. The molecule has 2 aromatic rings. The number of nitrogens with zero attached hydrogens (tertiary/aromatic N) is 1. The number of halogens is 1. The number of rotatable bonds is 6. The highest BCUT2D eigenvalue weighted by Crippen LogP contribution is 2.27. The number of ether oxygens (including phenoxy) is 1. The van der Waals surface area contributed by atoms with Gasteiger partial charge in [0.25, 0.3) is 0 Å². The van der Waals surface area contributed by atoms with Gasteiger partial charge in [0.1, 0.15) is 18.5 Å². The summed E-state index contributed by atoms with van der Waals surface area (Å²) in [4.78, 5) is 2.32. The van der Waals surface area contributed by atoms with E-state index in [2.05, 4.69) is 68.1 Å². The van der Waals surface area contributed by atoms with E-state index in [-0.39, 0.29) is 12.4 Å². The maximum atomic E-state index is 10.4. The zero-order chi connectivity index (χ0) is 17.8. The van der Waals surface area contributed by atoms with Gasteiger partial charge in [-0.3, -0.25) is 4.90 Å². The van der Waals surface area contributed by atoms with Crippen LogP contribution in [0.4, 0.5) is 0 Å². The lowest BCUT2D eigenvalue weighted by atomic mass is 10.00. The number of hydrogen-bond donors (Lipinski definition) is 1. The Kier molecular flexibility index (Phi) is 7.51. The summed E-state index contributed by atoms with van der Waals surface area (Å²) in [7, 11) is 0. The van der Waals surface area contributed by atoms with Crippen molar-refractivity contribution in [2.75, 3.05) is 19.7 Å².